The first-order chi connectivity index (χ1) is 9.06. The highest BCUT2D eigenvalue weighted by Crippen LogP contribution is 2.32. The maximum absolute atomic E-state index is 2.73. The predicted octanol–water partition coefficient (Wildman–Crippen LogP) is 3.47. The van der Waals surface area contributed by atoms with Gasteiger partial charge in [0, 0.05) is 19.1 Å². The molecule has 0 radical (unpaired) electrons. The Balaban J connectivity index is 1.79. The first kappa shape index (κ1) is 15.3. The SMILES string of the molecule is CC(C)CN1CCCC(C2CCN(C(C)C)CC2)C1. The van der Waals surface area contributed by atoms with Crippen LogP contribution in [0.4, 0.5) is 0 Å². The lowest BCUT2D eigenvalue weighted by atomic mass is 9.79. The van der Waals surface area contributed by atoms with Crippen LogP contribution in [0.25, 0.3) is 0 Å². The van der Waals surface area contributed by atoms with Crippen LogP contribution in [0.1, 0.15) is 53.4 Å². The Bertz CT molecular complexity index is 254. The summed E-state index contributed by atoms with van der Waals surface area (Å²) in [5.41, 5.74) is 0. The number of rotatable bonds is 4. The van der Waals surface area contributed by atoms with Crippen molar-refractivity contribution in [2.75, 3.05) is 32.7 Å². The fourth-order valence-corrected chi connectivity index (χ4v) is 4.07. The molecule has 0 aliphatic carbocycles. The fraction of sp³-hybridized carbons (Fsp3) is 1.00. The predicted molar refractivity (Wildman–Crippen MR) is 83.4 cm³/mol. The number of hydrogen-bond donors (Lipinski definition) is 0. The van der Waals surface area contributed by atoms with Gasteiger partial charge in [-0.3, -0.25) is 0 Å². The Labute approximate surface area is 120 Å². The molecule has 2 aliphatic rings. The Morgan fingerprint density at radius 3 is 2.16 bits per heavy atom. The Hall–Kier alpha value is -0.0800. The van der Waals surface area contributed by atoms with Crippen molar-refractivity contribution in [2.24, 2.45) is 17.8 Å². The van der Waals surface area contributed by atoms with Gasteiger partial charge < -0.3 is 9.80 Å². The van der Waals surface area contributed by atoms with Gasteiger partial charge in [-0.1, -0.05) is 13.8 Å². The zero-order valence-electron chi connectivity index (χ0n) is 13.6. The second kappa shape index (κ2) is 7.08. The van der Waals surface area contributed by atoms with Gasteiger partial charge in [-0.05, 0) is 76.9 Å². The first-order valence-electron chi connectivity index (χ1n) is 8.52. The summed E-state index contributed by atoms with van der Waals surface area (Å²) >= 11 is 0. The van der Waals surface area contributed by atoms with E-state index in [2.05, 4.69) is 37.5 Å². The summed E-state index contributed by atoms with van der Waals surface area (Å²) in [5.74, 6) is 2.81. The van der Waals surface area contributed by atoms with Crippen LogP contribution in [0, 0.1) is 17.8 Å². The summed E-state index contributed by atoms with van der Waals surface area (Å²) in [6, 6.07) is 0.741. The van der Waals surface area contributed by atoms with Gasteiger partial charge in [0.05, 0.1) is 0 Å². The first-order valence-corrected chi connectivity index (χ1v) is 8.52. The van der Waals surface area contributed by atoms with Crippen LogP contribution in [-0.4, -0.2) is 48.6 Å². The molecule has 2 saturated heterocycles. The van der Waals surface area contributed by atoms with Gasteiger partial charge >= 0.3 is 0 Å². The zero-order valence-corrected chi connectivity index (χ0v) is 13.6. The standard InChI is InChI=1S/C17H34N2/c1-14(2)12-18-9-5-6-17(13-18)16-7-10-19(11-8-16)15(3)4/h14-17H,5-13H2,1-4H3. The summed E-state index contributed by atoms with van der Waals surface area (Å²) in [6.45, 7) is 16.1. The molecular formula is C17H34N2. The molecule has 2 heterocycles. The van der Waals surface area contributed by atoms with Crippen LogP contribution in [0.3, 0.4) is 0 Å². The molecule has 2 heteroatoms. The van der Waals surface area contributed by atoms with Crippen molar-refractivity contribution in [3.8, 4) is 0 Å². The Morgan fingerprint density at radius 1 is 0.895 bits per heavy atom. The van der Waals surface area contributed by atoms with E-state index >= 15 is 0 Å². The highest BCUT2D eigenvalue weighted by atomic mass is 15.2. The average Bonchev–Trinajstić information content (AvgIpc) is 2.38. The third-order valence-corrected chi connectivity index (χ3v) is 5.14. The average molecular weight is 266 g/mol. The van der Waals surface area contributed by atoms with Crippen molar-refractivity contribution in [1.82, 2.24) is 9.80 Å². The van der Waals surface area contributed by atoms with Crippen LogP contribution in [-0.2, 0) is 0 Å². The van der Waals surface area contributed by atoms with Crippen molar-refractivity contribution in [3.63, 3.8) is 0 Å². The molecule has 112 valence electrons. The van der Waals surface area contributed by atoms with Crippen LogP contribution in [0.2, 0.25) is 0 Å². The molecule has 2 fully saturated rings. The highest BCUT2D eigenvalue weighted by Gasteiger charge is 2.30. The summed E-state index contributed by atoms with van der Waals surface area (Å²) in [5, 5.41) is 0. The van der Waals surface area contributed by atoms with Gasteiger partial charge in [0.25, 0.3) is 0 Å². The summed E-state index contributed by atoms with van der Waals surface area (Å²) in [6.07, 6.45) is 5.81. The van der Waals surface area contributed by atoms with Crippen molar-refractivity contribution >= 4 is 0 Å². The summed E-state index contributed by atoms with van der Waals surface area (Å²) in [7, 11) is 0. The van der Waals surface area contributed by atoms with Crippen LogP contribution in [0.15, 0.2) is 0 Å². The number of nitrogens with zero attached hydrogens (tertiary/aromatic N) is 2. The smallest absolute Gasteiger partial charge is 0.00385 e. The van der Waals surface area contributed by atoms with Gasteiger partial charge in [-0.2, -0.15) is 0 Å². The van der Waals surface area contributed by atoms with E-state index in [1.54, 1.807) is 0 Å². The third-order valence-electron chi connectivity index (χ3n) is 5.14. The minimum Gasteiger partial charge on any atom is -0.303 e. The minimum atomic E-state index is 0.741. The summed E-state index contributed by atoms with van der Waals surface area (Å²) in [4.78, 5) is 5.39. The molecular weight excluding hydrogens is 232 g/mol. The quantitative estimate of drug-likeness (QED) is 0.769. The molecule has 0 aromatic heterocycles. The zero-order chi connectivity index (χ0) is 13.8. The Morgan fingerprint density at radius 2 is 1.58 bits per heavy atom. The van der Waals surface area contributed by atoms with E-state index in [1.165, 1.54) is 58.4 Å². The van der Waals surface area contributed by atoms with E-state index < -0.39 is 0 Å². The van der Waals surface area contributed by atoms with E-state index in [9.17, 15) is 0 Å². The molecule has 0 aromatic carbocycles. The highest BCUT2D eigenvalue weighted by molar-refractivity contribution is 4.83. The molecule has 1 atom stereocenters. The van der Waals surface area contributed by atoms with Crippen molar-refractivity contribution in [2.45, 2.75) is 59.4 Å². The van der Waals surface area contributed by atoms with Crippen molar-refractivity contribution < 1.29 is 0 Å². The second-order valence-corrected chi connectivity index (χ2v) is 7.52. The molecule has 0 amide bonds. The molecule has 0 aromatic rings. The van der Waals surface area contributed by atoms with Gasteiger partial charge in [-0.25, -0.2) is 0 Å². The van der Waals surface area contributed by atoms with Crippen molar-refractivity contribution in [3.05, 3.63) is 0 Å². The molecule has 0 saturated carbocycles. The van der Waals surface area contributed by atoms with E-state index in [4.69, 9.17) is 0 Å². The lowest BCUT2D eigenvalue weighted by Gasteiger charge is -2.42. The lowest BCUT2D eigenvalue weighted by molar-refractivity contribution is 0.0719. The molecule has 0 spiro atoms. The summed E-state index contributed by atoms with van der Waals surface area (Å²) < 4.78 is 0. The second-order valence-electron chi connectivity index (χ2n) is 7.52. The van der Waals surface area contributed by atoms with E-state index in [1.807, 2.05) is 0 Å². The Kier molecular flexibility index (Phi) is 5.70. The normalized spacial score (nSPS) is 28.4. The number of hydrogen-bond acceptors (Lipinski definition) is 2. The molecule has 2 aliphatic heterocycles. The number of piperidine rings is 2. The topological polar surface area (TPSA) is 6.48 Å². The monoisotopic (exact) mass is 266 g/mol. The minimum absolute atomic E-state index is 0.741. The van der Waals surface area contributed by atoms with E-state index in [0.29, 0.717) is 0 Å². The fourth-order valence-electron chi connectivity index (χ4n) is 4.07. The van der Waals surface area contributed by atoms with Crippen LogP contribution >= 0.6 is 0 Å². The maximum Gasteiger partial charge on any atom is 0.00385 e. The van der Waals surface area contributed by atoms with Gasteiger partial charge in [0.1, 0.15) is 0 Å². The molecule has 1 unspecified atom stereocenters. The molecule has 19 heavy (non-hydrogen) atoms. The molecule has 2 rings (SSSR count). The van der Waals surface area contributed by atoms with E-state index in [0.717, 1.165) is 23.8 Å². The largest absolute Gasteiger partial charge is 0.303 e. The van der Waals surface area contributed by atoms with Gasteiger partial charge in [-0.15, -0.1) is 0 Å². The third kappa shape index (κ3) is 4.46. The molecule has 0 bridgehead atoms. The van der Waals surface area contributed by atoms with E-state index in [-0.39, 0.29) is 0 Å². The maximum atomic E-state index is 2.73. The van der Waals surface area contributed by atoms with Crippen LogP contribution < -0.4 is 0 Å². The van der Waals surface area contributed by atoms with Crippen LogP contribution in [0.5, 0.6) is 0 Å². The number of likely N-dealkylation sites (tertiary alicyclic amines) is 2. The molecule has 0 N–H and O–H groups in total. The molecule has 2 nitrogen and oxygen atoms in total. The van der Waals surface area contributed by atoms with Gasteiger partial charge in [0.15, 0.2) is 0 Å². The van der Waals surface area contributed by atoms with Crippen molar-refractivity contribution in [1.29, 1.82) is 0 Å². The van der Waals surface area contributed by atoms with Gasteiger partial charge in [0.2, 0.25) is 0 Å². The lowest BCUT2D eigenvalue weighted by Crippen LogP contribution is -2.44.